The Kier molecular flexibility index (Phi) is 2.62. The SMILES string of the molecule is Cn1cnc(C(=N)N2CCCCC2)c1N. The Morgan fingerprint density at radius 3 is 2.60 bits per heavy atom. The number of amidine groups is 1. The molecule has 1 saturated heterocycles. The average molecular weight is 207 g/mol. The quantitative estimate of drug-likeness (QED) is 0.529. The second-order valence-electron chi connectivity index (χ2n) is 3.99. The number of piperidine rings is 1. The first-order valence-corrected chi connectivity index (χ1v) is 5.31. The molecule has 0 radical (unpaired) electrons. The lowest BCUT2D eigenvalue weighted by molar-refractivity contribution is 0.340. The van der Waals surface area contributed by atoms with Crippen molar-refractivity contribution in [3.8, 4) is 0 Å². The van der Waals surface area contributed by atoms with Gasteiger partial charge in [0.15, 0.2) is 5.84 Å². The molecule has 1 aliphatic heterocycles. The molecule has 0 saturated carbocycles. The zero-order valence-electron chi connectivity index (χ0n) is 9.03. The number of nitrogen functional groups attached to an aromatic ring is 1. The van der Waals surface area contributed by atoms with E-state index < -0.39 is 0 Å². The number of aryl methyl sites for hydroxylation is 1. The van der Waals surface area contributed by atoms with Crippen molar-refractivity contribution in [2.24, 2.45) is 7.05 Å². The first-order chi connectivity index (χ1) is 7.20. The Hall–Kier alpha value is -1.52. The number of hydrogen-bond donors (Lipinski definition) is 2. The predicted molar refractivity (Wildman–Crippen MR) is 59.9 cm³/mol. The third kappa shape index (κ3) is 1.82. The summed E-state index contributed by atoms with van der Waals surface area (Å²) in [5.41, 5.74) is 6.45. The number of anilines is 1. The van der Waals surface area contributed by atoms with Crippen molar-refractivity contribution in [2.45, 2.75) is 19.3 Å². The predicted octanol–water partition coefficient (Wildman–Crippen LogP) is 0.814. The van der Waals surface area contributed by atoms with E-state index in [9.17, 15) is 0 Å². The molecule has 1 aliphatic rings. The number of nitrogens with zero attached hydrogens (tertiary/aromatic N) is 3. The van der Waals surface area contributed by atoms with Gasteiger partial charge in [0, 0.05) is 20.1 Å². The highest BCUT2D eigenvalue weighted by Crippen LogP contribution is 2.15. The maximum Gasteiger partial charge on any atom is 0.150 e. The van der Waals surface area contributed by atoms with Crippen molar-refractivity contribution in [3.05, 3.63) is 12.0 Å². The minimum atomic E-state index is 0.466. The van der Waals surface area contributed by atoms with Crippen molar-refractivity contribution < 1.29 is 0 Å². The molecular weight excluding hydrogens is 190 g/mol. The van der Waals surface area contributed by atoms with Crippen LogP contribution in [0.15, 0.2) is 6.33 Å². The number of rotatable bonds is 1. The highest BCUT2D eigenvalue weighted by atomic mass is 15.2. The Morgan fingerprint density at radius 2 is 2.07 bits per heavy atom. The van der Waals surface area contributed by atoms with Crippen LogP contribution in [-0.4, -0.2) is 33.4 Å². The Bertz CT molecular complexity index is 362. The van der Waals surface area contributed by atoms with Crippen molar-refractivity contribution in [1.29, 1.82) is 5.41 Å². The van der Waals surface area contributed by atoms with Crippen LogP contribution < -0.4 is 5.73 Å². The second kappa shape index (κ2) is 3.92. The van der Waals surface area contributed by atoms with Gasteiger partial charge >= 0.3 is 0 Å². The molecule has 1 aromatic rings. The standard InChI is InChI=1S/C10H17N5/c1-14-7-13-8(9(14)11)10(12)15-5-3-2-4-6-15/h7,12H,2-6,11H2,1H3. The highest BCUT2D eigenvalue weighted by Gasteiger charge is 2.19. The second-order valence-corrected chi connectivity index (χ2v) is 3.99. The van der Waals surface area contributed by atoms with Gasteiger partial charge in [-0.2, -0.15) is 0 Å². The zero-order valence-corrected chi connectivity index (χ0v) is 9.03. The van der Waals surface area contributed by atoms with Crippen LogP contribution in [0.3, 0.4) is 0 Å². The summed E-state index contributed by atoms with van der Waals surface area (Å²) in [4.78, 5) is 6.22. The van der Waals surface area contributed by atoms with Gasteiger partial charge in [-0.05, 0) is 19.3 Å². The first-order valence-electron chi connectivity index (χ1n) is 5.31. The van der Waals surface area contributed by atoms with Crippen LogP contribution in [0.1, 0.15) is 25.0 Å². The van der Waals surface area contributed by atoms with Crippen LogP contribution in [0.25, 0.3) is 0 Å². The molecule has 3 N–H and O–H groups in total. The van der Waals surface area contributed by atoms with Gasteiger partial charge in [0.05, 0.1) is 6.33 Å². The summed E-state index contributed by atoms with van der Waals surface area (Å²) >= 11 is 0. The summed E-state index contributed by atoms with van der Waals surface area (Å²) in [6, 6.07) is 0. The molecule has 1 fully saturated rings. The zero-order chi connectivity index (χ0) is 10.8. The summed E-state index contributed by atoms with van der Waals surface area (Å²) in [6.07, 6.45) is 5.24. The normalized spacial score (nSPS) is 16.7. The number of hydrogen-bond acceptors (Lipinski definition) is 3. The summed E-state index contributed by atoms with van der Waals surface area (Å²) in [5, 5.41) is 8.05. The minimum Gasteiger partial charge on any atom is -0.383 e. The number of likely N-dealkylation sites (tertiary alicyclic amines) is 1. The number of nitrogens with one attached hydrogen (secondary N) is 1. The lowest BCUT2D eigenvalue weighted by atomic mass is 10.1. The molecule has 0 amide bonds. The molecule has 0 spiro atoms. The third-order valence-electron chi connectivity index (χ3n) is 2.88. The van der Waals surface area contributed by atoms with Crippen molar-refractivity contribution in [3.63, 3.8) is 0 Å². The molecule has 5 nitrogen and oxygen atoms in total. The van der Waals surface area contributed by atoms with E-state index in [-0.39, 0.29) is 0 Å². The maximum absolute atomic E-state index is 8.05. The van der Waals surface area contributed by atoms with E-state index in [0.29, 0.717) is 17.3 Å². The van der Waals surface area contributed by atoms with Gasteiger partial charge in [-0.25, -0.2) is 4.98 Å². The van der Waals surface area contributed by atoms with E-state index in [1.54, 1.807) is 10.9 Å². The molecule has 0 unspecified atom stereocenters. The van der Waals surface area contributed by atoms with E-state index >= 15 is 0 Å². The van der Waals surface area contributed by atoms with Crippen LogP contribution in [0.5, 0.6) is 0 Å². The lowest BCUT2D eigenvalue weighted by Crippen LogP contribution is -2.36. The Morgan fingerprint density at radius 1 is 1.40 bits per heavy atom. The number of aromatic nitrogens is 2. The fraction of sp³-hybridized carbons (Fsp3) is 0.600. The van der Waals surface area contributed by atoms with E-state index in [0.717, 1.165) is 25.9 Å². The molecule has 0 atom stereocenters. The van der Waals surface area contributed by atoms with E-state index in [1.165, 1.54) is 6.42 Å². The van der Waals surface area contributed by atoms with Gasteiger partial charge in [-0.1, -0.05) is 0 Å². The first kappa shape index (κ1) is 10.0. The molecule has 0 aromatic carbocycles. The molecule has 0 bridgehead atoms. The van der Waals surface area contributed by atoms with E-state index in [2.05, 4.69) is 9.88 Å². The average Bonchev–Trinajstić information content (AvgIpc) is 2.60. The van der Waals surface area contributed by atoms with E-state index in [1.807, 2.05) is 7.05 Å². The topological polar surface area (TPSA) is 70.9 Å². The molecule has 1 aromatic heterocycles. The highest BCUT2D eigenvalue weighted by molar-refractivity contribution is 5.98. The Balaban J connectivity index is 2.16. The van der Waals surface area contributed by atoms with Gasteiger partial charge in [-0.15, -0.1) is 0 Å². The third-order valence-corrected chi connectivity index (χ3v) is 2.88. The van der Waals surface area contributed by atoms with Crippen molar-refractivity contribution >= 4 is 11.7 Å². The molecule has 5 heteroatoms. The van der Waals surface area contributed by atoms with Crippen LogP contribution in [0.2, 0.25) is 0 Å². The van der Waals surface area contributed by atoms with Crippen LogP contribution in [-0.2, 0) is 7.05 Å². The molecule has 0 aliphatic carbocycles. The van der Waals surface area contributed by atoms with Gasteiger partial charge in [0.25, 0.3) is 0 Å². The van der Waals surface area contributed by atoms with Gasteiger partial charge in [-0.3, -0.25) is 5.41 Å². The minimum absolute atomic E-state index is 0.466. The van der Waals surface area contributed by atoms with Crippen molar-refractivity contribution in [1.82, 2.24) is 14.5 Å². The maximum atomic E-state index is 8.05. The largest absolute Gasteiger partial charge is 0.383 e. The smallest absolute Gasteiger partial charge is 0.150 e. The molecule has 15 heavy (non-hydrogen) atoms. The Labute approximate surface area is 89.4 Å². The lowest BCUT2D eigenvalue weighted by Gasteiger charge is -2.28. The summed E-state index contributed by atoms with van der Waals surface area (Å²) in [5.74, 6) is 1.04. The van der Waals surface area contributed by atoms with E-state index in [4.69, 9.17) is 11.1 Å². The monoisotopic (exact) mass is 207 g/mol. The van der Waals surface area contributed by atoms with Gasteiger partial charge in [0.2, 0.25) is 0 Å². The van der Waals surface area contributed by atoms with Crippen molar-refractivity contribution in [2.75, 3.05) is 18.8 Å². The van der Waals surface area contributed by atoms with Crippen LogP contribution in [0.4, 0.5) is 5.82 Å². The molecule has 2 heterocycles. The van der Waals surface area contributed by atoms with Crippen LogP contribution in [0, 0.1) is 5.41 Å². The molecule has 82 valence electrons. The summed E-state index contributed by atoms with van der Waals surface area (Å²) in [7, 11) is 1.84. The summed E-state index contributed by atoms with van der Waals surface area (Å²) < 4.78 is 1.74. The fourth-order valence-electron chi connectivity index (χ4n) is 1.89. The number of nitrogens with two attached hydrogens (primary N) is 1. The molecular formula is C10H17N5. The van der Waals surface area contributed by atoms with Crippen LogP contribution >= 0.6 is 0 Å². The molecule has 2 rings (SSSR count). The van der Waals surface area contributed by atoms with Gasteiger partial charge in [0.1, 0.15) is 11.5 Å². The summed E-state index contributed by atoms with van der Waals surface area (Å²) in [6.45, 7) is 1.91. The van der Waals surface area contributed by atoms with Gasteiger partial charge < -0.3 is 15.2 Å². The number of imidazole rings is 1. The fourth-order valence-corrected chi connectivity index (χ4v) is 1.89.